The second kappa shape index (κ2) is 5.01. The van der Waals surface area contributed by atoms with Crippen molar-refractivity contribution in [2.45, 2.75) is 45.6 Å². The Morgan fingerprint density at radius 1 is 1.11 bits per heavy atom. The number of nitrogens with one attached hydrogen (secondary N) is 1. The van der Waals surface area contributed by atoms with Gasteiger partial charge in [0.1, 0.15) is 5.54 Å². The van der Waals surface area contributed by atoms with E-state index >= 15 is 0 Å². The van der Waals surface area contributed by atoms with Gasteiger partial charge in [0.25, 0.3) is 0 Å². The molecular weight excluding hydrogens is 226 g/mol. The lowest BCUT2D eigenvalue weighted by Gasteiger charge is -2.29. The first-order valence-corrected chi connectivity index (χ1v) is 6.14. The fourth-order valence-electron chi connectivity index (χ4n) is 1.89. The molecule has 0 aliphatic heterocycles. The second-order valence-corrected chi connectivity index (χ2v) is 6.04. The Bertz CT molecular complexity index is 430. The quantitative estimate of drug-likeness (QED) is 0.835. The highest BCUT2D eigenvalue weighted by molar-refractivity contribution is 5.83. The molecule has 0 radical (unpaired) electrons. The summed E-state index contributed by atoms with van der Waals surface area (Å²) in [4.78, 5) is 11.7. The standard InChI is InChI=1S/C15H23NO2/c1-14(2,3)11-9-7-8-10-12(11)16-15(4,5)13(17)18-6/h7-10,16H,1-6H3. The van der Waals surface area contributed by atoms with Crippen LogP contribution in [0.1, 0.15) is 40.2 Å². The van der Waals surface area contributed by atoms with Crippen molar-refractivity contribution in [2.24, 2.45) is 0 Å². The first-order valence-electron chi connectivity index (χ1n) is 6.14. The highest BCUT2D eigenvalue weighted by Crippen LogP contribution is 2.31. The summed E-state index contributed by atoms with van der Waals surface area (Å²) < 4.78 is 4.81. The van der Waals surface area contributed by atoms with Crippen molar-refractivity contribution in [1.82, 2.24) is 0 Å². The Morgan fingerprint density at radius 2 is 1.67 bits per heavy atom. The number of benzene rings is 1. The van der Waals surface area contributed by atoms with Crippen molar-refractivity contribution in [3.05, 3.63) is 29.8 Å². The third-order valence-electron chi connectivity index (χ3n) is 2.88. The molecule has 0 bridgehead atoms. The van der Waals surface area contributed by atoms with E-state index in [-0.39, 0.29) is 11.4 Å². The molecule has 1 rings (SSSR count). The molecule has 0 unspecified atom stereocenters. The first-order chi connectivity index (χ1) is 8.18. The largest absolute Gasteiger partial charge is 0.467 e. The van der Waals surface area contributed by atoms with Crippen LogP contribution in [-0.4, -0.2) is 18.6 Å². The monoisotopic (exact) mass is 249 g/mol. The zero-order valence-corrected chi connectivity index (χ0v) is 12.1. The summed E-state index contributed by atoms with van der Waals surface area (Å²) in [5.41, 5.74) is 1.44. The van der Waals surface area contributed by atoms with Gasteiger partial charge in [-0.2, -0.15) is 0 Å². The highest BCUT2D eigenvalue weighted by Gasteiger charge is 2.30. The predicted molar refractivity (Wildman–Crippen MR) is 74.9 cm³/mol. The Morgan fingerprint density at radius 3 is 2.17 bits per heavy atom. The van der Waals surface area contributed by atoms with Crippen molar-refractivity contribution in [1.29, 1.82) is 0 Å². The highest BCUT2D eigenvalue weighted by atomic mass is 16.5. The molecule has 0 heterocycles. The molecular formula is C15H23NO2. The number of rotatable bonds is 3. The molecule has 0 atom stereocenters. The lowest BCUT2D eigenvalue weighted by molar-refractivity contribution is -0.144. The lowest BCUT2D eigenvalue weighted by Crippen LogP contribution is -2.41. The Labute approximate surface area is 110 Å². The van der Waals surface area contributed by atoms with Crippen LogP contribution >= 0.6 is 0 Å². The molecule has 0 amide bonds. The number of hydrogen-bond acceptors (Lipinski definition) is 3. The molecule has 0 aromatic heterocycles. The van der Waals surface area contributed by atoms with Crippen LogP contribution in [0.4, 0.5) is 5.69 Å². The fraction of sp³-hybridized carbons (Fsp3) is 0.533. The van der Waals surface area contributed by atoms with Crippen LogP contribution in [0, 0.1) is 0 Å². The minimum absolute atomic E-state index is 0.0236. The summed E-state index contributed by atoms with van der Waals surface area (Å²) in [5.74, 6) is -0.272. The van der Waals surface area contributed by atoms with Crippen molar-refractivity contribution < 1.29 is 9.53 Å². The molecule has 18 heavy (non-hydrogen) atoms. The Balaban J connectivity index is 3.09. The minimum atomic E-state index is -0.740. The molecule has 3 nitrogen and oxygen atoms in total. The maximum absolute atomic E-state index is 11.7. The predicted octanol–water partition coefficient (Wildman–Crippen LogP) is 3.35. The summed E-state index contributed by atoms with van der Waals surface area (Å²) in [7, 11) is 1.40. The van der Waals surface area contributed by atoms with E-state index in [0.29, 0.717) is 0 Å². The summed E-state index contributed by atoms with van der Waals surface area (Å²) >= 11 is 0. The van der Waals surface area contributed by atoms with E-state index in [4.69, 9.17) is 4.74 Å². The van der Waals surface area contributed by atoms with Crippen LogP contribution in [0.5, 0.6) is 0 Å². The maximum atomic E-state index is 11.7. The van der Waals surface area contributed by atoms with E-state index in [1.165, 1.54) is 12.7 Å². The van der Waals surface area contributed by atoms with Crippen molar-refractivity contribution in [2.75, 3.05) is 12.4 Å². The van der Waals surface area contributed by atoms with Crippen LogP contribution in [0.15, 0.2) is 24.3 Å². The zero-order valence-electron chi connectivity index (χ0n) is 12.1. The van der Waals surface area contributed by atoms with Gasteiger partial charge in [-0.25, -0.2) is 4.79 Å². The number of para-hydroxylation sites is 1. The molecule has 0 fully saturated rings. The van der Waals surface area contributed by atoms with Gasteiger partial charge < -0.3 is 10.1 Å². The second-order valence-electron chi connectivity index (χ2n) is 6.04. The third-order valence-corrected chi connectivity index (χ3v) is 2.88. The van der Waals surface area contributed by atoms with E-state index in [2.05, 4.69) is 32.2 Å². The van der Waals surface area contributed by atoms with Gasteiger partial charge in [-0.05, 0) is 30.9 Å². The first kappa shape index (κ1) is 14.6. The van der Waals surface area contributed by atoms with E-state index in [1.54, 1.807) is 0 Å². The SMILES string of the molecule is COC(=O)C(C)(C)Nc1ccccc1C(C)(C)C. The van der Waals surface area contributed by atoms with E-state index < -0.39 is 5.54 Å². The number of methoxy groups -OCH3 is 1. The third kappa shape index (κ3) is 3.25. The number of ether oxygens (including phenoxy) is 1. The topological polar surface area (TPSA) is 38.3 Å². The fourth-order valence-corrected chi connectivity index (χ4v) is 1.89. The number of carbonyl (C=O) groups excluding carboxylic acids is 1. The number of hydrogen-bond donors (Lipinski definition) is 1. The van der Waals surface area contributed by atoms with Crippen LogP contribution < -0.4 is 5.32 Å². The van der Waals surface area contributed by atoms with E-state index in [1.807, 2.05) is 32.0 Å². The molecule has 0 spiro atoms. The Hall–Kier alpha value is -1.51. The molecule has 0 aliphatic carbocycles. The lowest BCUT2D eigenvalue weighted by atomic mass is 9.85. The molecule has 0 saturated heterocycles. The van der Waals surface area contributed by atoms with Crippen LogP contribution in [0.3, 0.4) is 0 Å². The molecule has 1 N–H and O–H groups in total. The smallest absolute Gasteiger partial charge is 0.330 e. The average molecular weight is 249 g/mol. The van der Waals surface area contributed by atoms with Gasteiger partial charge in [0.05, 0.1) is 7.11 Å². The van der Waals surface area contributed by atoms with Gasteiger partial charge in [-0.3, -0.25) is 0 Å². The van der Waals surface area contributed by atoms with Gasteiger partial charge in [0.15, 0.2) is 0 Å². The zero-order chi connectivity index (χ0) is 14.0. The summed E-state index contributed by atoms with van der Waals surface area (Å²) in [6.45, 7) is 10.1. The number of esters is 1. The van der Waals surface area contributed by atoms with Crippen LogP contribution in [-0.2, 0) is 14.9 Å². The summed E-state index contributed by atoms with van der Waals surface area (Å²) in [6, 6.07) is 8.04. The van der Waals surface area contributed by atoms with Crippen LogP contribution in [0.2, 0.25) is 0 Å². The Kier molecular flexibility index (Phi) is 4.05. The van der Waals surface area contributed by atoms with Crippen LogP contribution in [0.25, 0.3) is 0 Å². The minimum Gasteiger partial charge on any atom is -0.467 e. The number of carbonyl (C=O) groups is 1. The molecule has 0 saturated carbocycles. The molecule has 3 heteroatoms. The number of anilines is 1. The van der Waals surface area contributed by atoms with Gasteiger partial charge in [0.2, 0.25) is 0 Å². The summed E-state index contributed by atoms with van der Waals surface area (Å²) in [6.07, 6.45) is 0. The van der Waals surface area contributed by atoms with E-state index in [0.717, 1.165) is 5.69 Å². The summed E-state index contributed by atoms with van der Waals surface area (Å²) in [5, 5.41) is 3.27. The van der Waals surface area contributed by atoms with Gasteiger partial charge >= 0.3 is 5.97 Å². The molecule has 0 aliphatic rings. The average Bonchev–Trinajstić information content (AvgIpc) is 2.26. The maximum Gasteiger partial charge on any atom is 0.330 e. The van der Waals surface area contributed by atoms with E-state index in [9.17, 15) is 4.79 Å². The molecule has 1 aromatic rings. The van der Waals surface area contributed by atoms with Crippen molar-refractivity contribution >= 4 is 11.7 Å². The van der Waals surface area contributed by atoms with Gasteiger partial charge in [-0.1, -0.05) is 39.0 Å². The normalized spacial score (nSPS) is 12.1. The molecule has 1 aromatic carbocycles. The van der Waals surface area contributed by atoms with Gasteiger partial charge in [-0.15, -0.1) is 0 Å². The van der Waals surface area contributed by atoms with Crippen molar-refractivity contribution in [3.63, 3.8) is 0 Å². The molecule has 100 valence electrons. The van der Waals surface area contributed by atoms with Gasteiger partial charge in [0, 0.05) is 5.69 Å². The van der Waals surface area contributed by atoms with Crippen molar-refractivity contribution in [3.8, 4) is 0 Å².